The van der Waals surface area contributed by atoms with Crippen molar-refractivity contribution in [1.82, 2.24) is 14.8 Å². The normalized spacial score (nSPS) is 16.3. The van der Waals surface area contributed by atoms with E-state index in [2.05, 4.69) is 15.4 Å². The second-order valence-electron chi connectivity index (χ2n) is 5.33. The monoisotopic (exact) mass is 360 g/mol. The van der Waals surface area contributed by atoms with Crippen molar-refractivity contribution < 1.29 is 4.39 Å². The van der Waals surface area contributed by atoms with E-state index in [-0.39, 0.29) is 11.9 Å². The summed E-state index contributed by atoms with van der Waals surface area (Å²) in [5, 5.41) is 8.41. The lowest BCUT2D eigenvalue weighted by molar-refractivity contribution is 0.612. The highest BCUT2D eigenvalue weighted by molar-refractivity contribution is 6.42. The van der Waals surface area contributed by atoms with E-state index in [1.54, 1.807) is 22.9 Å². The Bertz CT molecular complexity index is 934. The molecule has 1 atom stereocenters. The van der Waals surface area contributed by atoms with Gasteiger partial charge in [-0.15, -0.1) is 0 Å². The van der Waals surface area contributed by atoms with Crippen LogP contribution in [0.1, 0.15) is 17.2 Å². The average Bonchev–Trinajstić information content (AvgIpc) is 3.06. The lowest BCUT2D eigenvalue weighted by Crippen LogP contribution is -2.20. The van der Waals surface area contributed by atoms with E-state index in [4.69, 9.17) is 23.2 Å². The van der Waals surface area contributed by atoms with Gasteiger partial charge in [0.15, 0.2) is 0 Å². The van der Waals surface area contributed by atoms with E-state index in [1.807, 2.05) is 18.2 Å². The molecule has 0 unspecified atom stereocenters. The summed E-state index contributed by atoms with van der Waals surface area (Å²) in [7, 11) is 0. The SMILES string of the molecule is Fc1ccc(C2=C[C@H](c3cccc(Cl)c3Cl)n3ncnc3N2)cc1. The van der Waals surface area contributed by atoms with Gasteiger partial charge in [0.2, 0.25) is 5.95 Å². The molecule has 4 rings (SSSR count). The molecule has 0 amide bonds. The minimum atomic E-state index is -0.284. The van der Waals surface area contributed by atoms with Gasteiger partial charge in [-0.25, -0.2) is 9.07 Å². The van der Waals surface area contributed by atoms with Crippen molar-refractivity contribution in [2.24, 2.45) is 0 Å². The van der Waals surface area contributed by atoms with E-state index < -0.39 is 0 Å². The molecule has 24 heavy (non-hydrogen) atoms. The second kappa shape index (κ2) is 5.92. The lowest BCUT2D eigenvalue weighted by atomic mass is 10.0. The number of aromatic nitrogens is 3. The molecule has 7 heteroatoms. The van der Waals surface area contributed by atoms with Crippen LogP contribution in [0.4, 0.5) is 10.3 Å². The van der Waals surface area contributed by atoms with E-state index in [1.165, 1.54) is 18.5 Å². The summed E-state index contributed by atoms with van der Waals surface area (Å²) in [6, 6.07) is 11.4. The Hall–Kier alpha value is -2.37. The Balaban J connectivity index is 1.85. The van der Waals surface area contributed by atoms with Gasteiger partial charge in [-0.1, -0.05) is 35.3 Å². The molecule has 120 valence electrons. The number of anilines is 1. The third-order valence-corrected chi connectivity index (χ3v) is 4.70. The molecule has 0 radical (unpaired) electrons. The third-order valence-electron chi connectivity index (χ3n) is 3.86. The summed E-state index contributed by atoms with van der Waals surface area (Å²) in [6.07, 6.45) is 3.43. The largest absolute Gasteiger partial charge is 0.324 e. The van der Waals surface area contributed by atoms with Gasteiger partial charge in [0.05, 0.1) is 10.0 Å². The van der Waals surface area contributed by atoms with Gasteiger partial charge >= 0.3 is 0 Å². The van der Waals surface area contributed by atoms with Crippen LogP contribution < -0.4 is 5.32 Å². The molecule has 0 aliphatic carbocycles. The molecule has 0 saturated heterocycles. The van der Waals surface area contributed by atoms with Gasteiger partial charge < -0.3 is 5.32 Å². The Kier molecular flexibility index (Phi) is 3.75. The third kappa shape index (κ3) is 2.56. The van der Waals surface area contributed by atoms with Crippen molar-refractivity contribution >= 4 is 34.8 Å². The Labute approximate surface area is 147 Å². The van der Waals surface area contributed by atoms with Gasteiger partial charge in [-0.05, 0) is 42.0 Å². The Morgan fingerprint density at radius 3 is 2.67 bits per heavy atom. The van der Waals surface area contributed by atoms with Crippen molar-refractivity contribution in [2.45, 2.75) is 6.04 Å². The van der Waals surface area contributed by atoms with Crippen LogP contribution in [0.25, 0.3) is 5.70 Å². The van der Waals surface area contributed by atoms with E-state index >= 15 is 0 Å². The quantitative estimate of drug-likeness (QED) is 0.714. The summed E-state index contributed by atoms with van der Waals surface area (Å²) < 4.78 is 14.9. The van der Waals surface area contributed by atoms with Crippen LogP contribution in [0.5, 0.6) is 0 Å². The van der Waals surface area contributed by atoms with Gasteiger partial charge in [0.1, 0.15) is 18.2 Å². The van der Waals surface area contributed by atoms with Gasteiger partial charge in [0, 0.05) is 11.3 Å². The number of benzene rings is 2. The van der Waals surface area contributed by atoms with E-state index in [0.29, 0.717) is 16.0 Å². The zero-order chi connectivity index (χ0) is 16.7. The topological polar surface area (TPSA) is 42.7 Å². The van der Waals surface area contributed by atoms with E-state index in [9.17, 15) is 4.39 Å². The predicted octanol–water partition coefficient (Wildman–Crippen LogP) is 4.78. The number of hydrogen-bond donors (Lipinski definition) is 1. The first-order valence-corrected chi connectivity index (χ1v) is 7.97. The summed E-state index contributed by atoms with van der Waals surface area (Å²) >= 11 is 12.5. The number of halogens is 3. The predicted molar refractivity (Wildman–Crippen MR) is 92.6 cm³/mol. The smallest absolute Gasteiger partial charge is 0.226 e. The maximum Gasteiger partial charge on any atom is 0.226 e. The number of nitrogens with zero attached hydrogens (tertiary/aromatic N) is 3. The fraction of sp³-hybridized carbons (Fsp3) is 0.0588. The molecule has 1 aliphatic rings. The molecule has 1 aromatic heterocycles. The minimum absolute atomic E-state index is 0.269. The van der Waals surface area contributed by atoms with Crippen molar-refractivity contribution in [3.8, 4) is 0 Å². The fourth-order valence-corrected chi connectivity index (χ4v) is 3.12. The molecule has 0 saturated carbocycles. The summed E-state index contributed by atoms with van der Waals surface area (Å²) in [5.41, 5.74) is 2.46. The van der Waals surface area contributed by atoms with Crippen LogP contribution in [0.2, 0.25) is 10.0 Å². The summed E-state index contributed by atoms with van der Waals surface area (Å²) in [4.78, 5) is 4.23. The molecule has 3 aromatic rings. The maximum atomic E-state index is 13.2. The minimum Gasteiger partial charge on any atom is -0.324 e. The number of allylic oxidation sites excluding steroid dienone is 1. The molecule has 0 bridgehead atoms. The van der Waals surface area contributed by atoms with Crippen molar-refractivity contribution in [2.75, 3.05) is 5.32 Å². The average molecular weight is 361 g/mol. The molecule has 4 nitrogen and oxygen atoms in total. The van der Waals surface area contributed by atoms with Crippen molar-refractivity contribution in [3.63, 3.8) is 0 Å². The van der Waals surface area contributed by atoms with Crippen molar-refractivity contribution in [3.05, 3.63) is 81.9 Å². The fourth-order valence-electron chi connectivity index (χ4n) is 2.70. The zero-order valence-electron chi connectivity index (χ0n) is 12.2. The number of nitrogens with one attached hydrogen (secondary N) is 1. The van der Waals surface area contributed by atoms with Crippen molar-refractivity contribution in [1.29, 1.82) is 0 Å². The first-order valence-electron chi connectivity index (χ1n) is 7.21. The molecular formula is C17H11Cl2FN4. The standard InChI is InChI=1S/C17H11Cl2FN4/c18-13-3-1-2-12(16(13)19)15-8-14(10-4-6-11(20)7-5-10)23-17-21-9-22-24(15)17/h1-9,15H,(H,21,22,23)/t15-/m1/s1. The highest BCUT2D eigenvalue weighted by Crippen LogP contribution is 2.37. The molecule has 1 aliphatic heterocycles. The van der Waals surface area contributed by atoms with E-state index in [0.717, 1.165) is 16.8 Å². The summed E-state index contributed by atoms with van der Waals surface area (Å²) in [6.45, 7) is 0. The van der Waals surface area contributed by atoms with Crippen LogP contribution in [-0.4, -0.2) is 14.8 Å². The molecule has 2 heterocycles. The Morgan fingerprint density at radius 1 is 1.08 bits per heavy atom. The second-order valence-corrected chi connectivity index (χ2v) is 6.11. The highest BCUT2D eigenvalue weighted by Gasteiger charge is 2.25. The first kappa shape index (κ1) is 15.2. The zero-order valence-corrected chi connectivity index (χ0v) is 13.8. The van der Waals surface area contributed by atoms with Gasteiger partial charge in [-0.3, -0.25) is 0 Å². The molecule has 0 spiro atoms. The Morgan fingerprint density at radius 2 is 1.88 bits per heavy atom. The van der Waals surface area contributed by atoms with Crippen LogP contribution >= 0.6 is 23.2 Å². The number of hydrogen-bond acceptors (Lipinski definition) is 3. The van der Waals surface area contributed by atoms with Crippen LogP contribution in [0, 0.1) is 5.82 Å². The van der Waals surface area contributed by atoms with Gasteiger partial charge in [-0.2, -0.15) is 10.1 Å². The highest BCUT2D eigenvalue weighted by atomic mass is 35.5. The maximum absolute atomic E-state index is 13.2. The van der Waals surface area contributed by atoms with Gasteiger partial charge in [0.25, 0.3) is 0 Å². The van der Waals surface area contributed by atoms with Crippen LogP contribution in [0.3, 0.4) is 0 Å². The lowest BCUT2D eigenvalue weighted by Gasteiger charge is -2.25. The summed E-state index contributed by atoms with van der Waals surface area (Å²) in [5.74, 6) is 0.297. The molecule has 1 N–H and O–H groups in total. The first-order chi connectivity index (χ1) is 11.6. The molecule has 0 fully saturated rings. The van der Waals surface area contributed by atoms with Crippen LogP contribution in [0.15, 0.2) is 54.9 Å². The van der Waals surface area contributed by atoms with Crippen LogP contribution in [-0.2, 0) is 0 Å². The molecular weight excluding hydrogens is 350 g/mol. The molecule has 2 aromatic carbocycles. The number of rotatable bonds is 2. The number of fused-ring (bicyclic) bond motifs is 1.